The molecule has 0 saturated carbocycles. The molecule has 1 aromatic carbocycles. The van der Waals surface area contributed by atoms with Gasteiger partial charge >= 0.3 is 0 Å². The van der Waals surface area contributed by atoms with Gasteiger partial charge in [-0.25, -0.2) is 0 Å². The van der Waals surface area contributed by atoms with Gasteiger partial charge in [-0.3, -0.25) is 10.1 Å². The van der Waals surface area contributed by atoms with Crippen LogP contribution in [0.4, 0.5) is 11.8 Å². The third-order valence-electron chi connectivity index (χ3n) is 4.44. The van der Waals surface area contributed by atoms with Crippen molar-refractivity contribution in [1.82, 2.24) is 14.6 Å². The number of benzene rings is 1. The van der Waals surface area contributed by atoms with Crippen molar-refractivity contribution in [2.75, 3.05) is 43.6 Å². The van der Waals surface area contributed by atoms with Crippen molar-refractivity contribution >= 4 is 23.3 Å². The summed E-state index contributed by atoms with van der Waals surface area (Å²) in [7, 11) is 1.59. The van der Waals surface area contributed by atoms with Crippen molar-refractivity contribution in [3.63, 3.8) is 0 Å². The van der Waals surface area contributed by atoms with E-state index in [-0.39, 0.29) is 18.3 Å². The van der Waals surface area contributed by atoms with Crippen LogP contribution in [0.3, 0.4) is 0 Å². The molecule has 0 atom stereocenters. The van der Waals surface area contributed by atoms with Gasteiger partial charge in [0, 0.05) is 13.1 Å². The smallest absolute Gasteiger partial charge is 0.249 e. The number of amides is 1. The average molecular weight is 367 g/mol. The number of hydrogen-bond acceptors (Lipinski definition) is 6. The van der Waals surface area contributed by atoms with E-state index in [0.29, 0.717) is 24.6 Å². The number of nitrogens with zero attached hydrogens (tertiary/aromatic N) is 4. The first kappa shape index (κ1) is 17.3. The van der Waals surface area contributed by atoms with Crippen molar-refractivity contribution in [3.05, 3.63) is 48.0 Å². The number of carbonyl (C=O) groups is 1. The molecule has 2 aromatic heterocycles. The number of carbonyl (C=O) groups excluding carboxylic acids is 1. The summed E-state index contributed by atoms with van der Waals surface area (Å²) in [6.45, 7) is 2.89. The first-order valence-electron chi connectivity index (χ1n) is 8.85. The fraction of sp³-hybridized carbons (Fsp3) is 0.316. The Labute approximate surface area is 156 Å². The number of fused-ring (bicyclic) bond motifs is 1. The molecule has 0 aliphatic carbocycles. The maximum absolute atomic E-state index is 12.3. The SMILES string of the molecule is COc1ccc(N2CCOCC2)n2nc(NC(=O)Cc3ccccc3)nc12. The Hall–Kier alpha value is -3.13. The molecule has 1 aliphatic rings. The van der Waals surface area contributed by atoms with Gasteiger partial charge in [0.1, 0.15) is 5.82 Å². The zero-order chi connectivity index (χ0) is 18.6. The molecule has 0 unspecified atom stereocenters. The summed E-state index contributed by atoms with van der Waals surface area (Å²) in [5.74, 6) is 1.59. The van der Waals surface area contributed by atoms with E-state index in [2.05, 4.69) is 20.3 Å². The molecule has 1 amide bonds. The number of nitrogens with one attached hydrogen (secondary N) is 1. The van der Waals surface area contributed by atoms with E-state index >= 15 is 0 Å². The molecule has 4 rings (SSSR count). The van der Waals surface area contributed by atoms with Crippen molar-refractivity contribution < 1.29 is 14.3 Å². The molecule has 0 radical (unpaired) electrons. The number of morpholine rings is 1. The van der Waals surface area contributed by atoms with Crippen LogP contribution in [0.25, 0.3) is 5.65 Å². The van der Waals surface area contributed by atoms with Gasteiger partial charge in [0.05, 0.1) is 26.7 Å². The number of anilines is 2. The minimum atomic E-state index is -0.163. The minimum Gasteiger partial charge on any atom is -0.493 e. The number of rotatable bonds is 5. The van der Waals surface area contributed by atoms with Crippen LogP contribution in [0.1, 0.15) is 5.56 Å². The van der Waals surface area contributed by atoms with Crippen LogP contribution in [0.2, 0.25) is 0 Å². The number of ether oxygens (including phenoxy) is 2. The predicted molar refractivity (Wildman–Crippen MR) is 101 cm³/mol. The lowest BCUT2D eigenvalue weighted by atomic mass is 10.1. The van der Waals surface area contributed by atoms with Crippen molar-refractivity contribution in [3.8, 4) is 5.75 Å². The van der Waals surface area contributed by atoms with Crippen molar-refractivity contribution in [2.45, 2.75) is 6.42 Å². The van der Waals surface area contributed by atoms with Crippen LogP contribution in [-0.2, 0) is 16.0 Å². The summed E-state index contributed by atoms with van der Waals surface area (Å²) in [4.78, 5) is 19.0. The maximum Gasteiger partial charge on any atom is 0.249 e. The monoisotopic (exact) mass is 367 g/mol. The van der Waals surface area contributed by atoms with Crippen LogP contribution >= 0.6 is 0 Å². The minimum absolute atomic E-state index is 0.163. The van der Waals surface area contributed by atoms with E-state index in [1.165, 1.54) is 0 Å². The Balaban J connectivity index is 1.61. The number of aromatic nitrogens is 3. The number of pyridine rings is 1. The van der Waals surface area contributed by atoms with Gasteiger partial charge in [-0.2, -0.15) is 9.50 Å². The standard InChI is InChI=1S/C19H21N5O3/c1-26-15-7-8-17(23-9-11-27-12-10-23)24-18(15)21-19(22-24)20-16(25)13-14-5-3-2-4-6-14/h2-8H,9-13H2,1H3,(H,20,22,25). The zero-order valence-electron chi connectivity index (χ0n) is 15.1. The first-order chi connectivity index (χ1) is 13.2. The molecule has 1 N–H and O–H groups in total. The highest BCUT2D eigenvalue weighted by atomic mass is 16.5. The van der Waals surface area contributed by atoms with Gasteiger partial charge in [0.15, 0.2) is 5.75 Å². The molecule has 1 aliphatic heterocycles. The van der Waals surface area contributed by atoms with E-state index in [9.17, 15) is 4.79 Å². The second-order valence-electron chi connectivity index (χ2n) is 6.24. The summed E-state index contributed by atoms with van der Waals surface area (Å²) in [5.41, 5.74) is 1.50. The van der Waals surface area contributed by atoms with Crippen molar-refractivity contribution in [1.29, 1.82) is 0 Å². The lowest BCUT2D eigenvalue weighted by Crippen LogP contribution is -2.37. The molecule has 27 heavy (non-hydrogen) atoms. The Morgan fingerprint density at radius 1 is 1.19 bits per heavy atom. The van der Waals surface area contributed by atoms with Gasteiger partial charge < -0.3 is 14.4 Å². The van der Waals surface area contributed by atoms with Gasteiger partial charge in [-0.1, -0.05) is 30.3 Å². The first-order valence-corrected chi connectivity index (χ1v) is 8.85. The highest BCUT2D eigenvalue weighted by Crippen LogP contribution is 2.26. The quantitative estimate of drug-likeness (QED) is 0.740. The van der Waals surface area contributed by atoms with Gasteiger partial charge in [0.2, 0.25) is 17.5 Å². The van der Waals surface area contributed by atoms with E-state index in [0.717, 1.165) is 24.5 Å². The predicted octanol–water partition coefficient (Wildman–Crippen LogP) is 1.76. The van der Waals surface area contributed by atoms with E-state index in [4.69, 9.17) is 9.47 Å². The third kappa shape index (κ3) is 3.70. The summed E-state index contributed by atoms with van der Waals surface area (Å²) in [6, 6.07) is 13.4. The summed E-state index contributed by atoms with van der Waals surface area (Å²) in [6.07, 6.45) is 0.268. The van der Waals surface area contributed by atoms with Gasteiger partial charge in [0.25, 0.3) is 0 Å². The molecule has 1 fully saturated rings. The molecular formula is C19H21N5O3. The average Bonchev–Trinajstić information content (AvgIpc) is 3.12. The third-order valence-corrected chi connectivity index (χ3v) is 4.44. The molecule has 3 heterocycles. The molecule has 0 spiro atoms. The van der Waals surface area contributed by atoms with E-state index in [1.54, 1.807) is 11.6 Å². The lowest BCUT2D eigenvalue weighted by Gasteiger charge is -2.28. The fourth-order valence-electron chi connectivity index (χ4n) is 3.12. The molecule has 8 heteroatoms. The summed E-state index contributed by atoms with van der Waals surface area (Å²) < 4.78 is 12.5. The summed E-state index contributed by atoms with van der Waals surface area (Å²) >= 11 is 0. The van der Waals surface area contributed by atoms with Gasteiger partial charge in [-0.05, 0) is 17.7 Å². The van der Waals surface area contributed by atoms with Gasteiger partial charge in [-0.15, -0.1) is 5.10 Å². The lowest BCUT2D eigenvalue weighted by molar-refractivity contribution is -0.115. The molecule has 3 aromatic rings. The van der Waals surface area contributed by atoms with Crippen molar-refractivity contribution in [2.24, 2.45) is 0 Å². The second-order valence-corrected chi connectivity index (χ2v) is 6.24. The Kier molecular flexibility index (Phi) is 4.88. The molecule has 8 nitrogen and oxygen atoms in total. The van der Waals surface area contributed by atoms with Crippen LogP contribution in [0.5, 0.6) is 5.75 Å². The highest BCUT2D eigenvalue weighted by Gasteiger charge is 2.19. The Bertz CT molecular complexity index is 935. The molecule has 1 saturated heterocycles. The van der Waals surface area contributed by atoms with Crippen LogP contribution in [0, 0.1) is 0 Å². The largest absolute Gasteiger partial charge is 0.493 e. The normalized spacial score (nSPS) is 14.3. The molecule has 0 bridgehead atoms. The highest BCUT2D eigenvalue weighted by molar-refractivity contribution is 5.91. The van der Waals surface area contributed by atoms with Crippen LogP contribution in [-0.4, -0.2) is 53.9 Å². The van der Waals surface area contributed by atoms with Crippen LogP contribution in [0.15, 0.2) is 42.5 Å². The Morgan fingerprint density at radius 3 is 2.70 bits per heavy atom. The number of hydrogen-bond donors (Lipinski definition) is 1. The second kappa shape index (κ2) is 7.63. The Morgan fingerprint density at radius 2 is 1.96 bits per heavy atom. The summed E-state index contributed by atoms with van der Waals surface area (Å²) in [5, 5.41) is 7.27. The van der Waals surface area contributed by atoms with E-state index in [1.807, 2.05) is 42.5 Å². The molecule has 140 valence electrons. The van der Waals surface area contributed by atoms with E-state index < -0.39 is 0 Å². The topological polar surface area (TPSA) is 81.0 Å². The molecular weight excluding hydrogens is 346 g/mol. The van der Waals surface area contributed by atoms with Crippen LogP contribution < -0.4 is 15.0 Å². The fourth-order valence-corrected chi connectivity index (χ4v) is 3.12. The zero-order valence-corrected chi connectivity index (χ0v) is 15.1. The number of methoxy groups -OCH3 is 1. The maximum atomic E-state index is 12.3.